The Balaban J connectivity index is 1.92. The molecule has 1 aromatic rings. The smallest absolute Gasteiger partial charge is 0.255 e. The number of primary amides is 1. The minimum atomic E-state index is -2.53. The van der Waals surface area contributed by atoms with E-state index >= 15 is 0 Å². The highest BCUT2D eigenvalue weighted by Crippen LogP contribution is 2.51. The van der Waals surface area contributed by atoms with Gasteiger partial charge in [-0.1, -0.05) is 19.9 Å². The zero-order valence-corrected chi connectivity index (χ0v) is 16.6. The monoisotopic (exact) mass is 413 g/mol. The molecule has 0 saturated heterocycles. The lowest BCUT2D eigenvalue weighted by molar-refractivity contribution is -0.144. The number of fused-ring (bicyclic) bond motifs is 3. The first-order chi connectivity index (χ1) is 14.0. The van der Waals surface area contributed by atoms with E-state index in [9.17, 15) is 34.8 Å². The van der Waals surface area contributed by atoms with Gasteiger partial charge >= 0.3 is 0 Å². The van der Waals surface area contributed by atoms with Gasteiger partial charge in [-0.15, -0.1) is 0 Å². The van der Waals surface area contributed by atoms with Crippen LogP contribution in [0.3, 0.4) is 0 Å². The summed E-state index contributed by atoms with van der Waals surface area (Å²) >= 11 is 0. The summed E-state index contributed by atoms with van der Waals surface area (Å²) in [7, 11) is 0. The number of hydrogen-bond donors (Lipinski definition) is 5. The first-order valence-corrected chi connectivity index (χ1v) is 9.82. The van der Waals surface area contributed by atoms with Crippen molar-refractivity contribution in [3.8, 4) is 5.75 Å². The van der Waals surface area contributed by atoms with Crippen LogP contribution in [0.5, 0.6) is 5.75 Å². The van der Waals surface area contributed by atoms with Gasteiger partial charge in [0.05, 0.1) is 5.56 Å². The number of phenols is 1. The largest absolute Gasteiger partial charge is 0.511 e. The summed E-state index contributed by atoms with van der Waals surface area (Å²) in [6.45, 7) is 3.93. The van der Waals surface area contributed by atoms with Crippen LogP contribution in [-0.4, -0.2) is 43.5 Å². The second kappa shape index (κ2) is 6.43. The fraction of sp³-hybridized carbons (Fsp3) is 0.409. The van der Waals surface area contributed by atoms with Crippen molar-refractivity contribution < 1.29 is 34.8 Å². The van der Waals surface area contributed by atoms with E-state index in [2.05, 4.69) is 0 Å². The summed E-state index contributed by atoms with van der Waals surface area (Å²) in [5.41, 5.74) is 3.37. The zero-order valence-electron chi connectivity index (χ0n) is 16.6. The van der Waals surface area contributed by atoms with Crippen LogP contribution in [0.25, 0.3) is 0 Å². The van der Waals surface area contributed by atoms with Crippen molar-refractivity contribution in [2.45, 2.75) is 44.6 Å². The van der Waals surface area contributed by atoms with Crippen LogP contribution in [0.4, 0.5) is 0 Å². The summed E-state index contributed by atoms with van der Waals surface area (Å²) in [5.74, 6) is -6.02. The molecule has 3 aliphatic carbocycles. The van der Waals surface area contributed by atoms with Gasteiger partial charge in [-0.2, -0.15) is 0 Å². The molecule has 0 unspecified atom stereocenters. The van der Waals surface area contributed by atoms with Gasteiger partial charge in [0, 0.05) is 17.9 Å². The molecule has 0 bridgehead atoms. The molecule has 8 nitrogen and oxygen atoms in total. The summed E-state index contributed by atoms with van der Waals surface area (Å²) in [6, 6.07) is 3.18. The van der Waals surface area contributed by atoms with Crippen molar-refractivity contribution in [2.75, 3.05) is 0 Å². The third-order valence-electron chi connectivity index (χ3n) is 6.60. The van der Waals surface area contributed by atoms with Crippen molar-refractivity contribution in [1.29, 1.82) is 0 Å². The first kappa shape index (κ1) is 20.2. The van der Waals surface area contributed by atoms with Gasteiger partial charge in [0.1, 0.15) is 22.8 Å². The van der Waals surface area contributed by atoms with Gasteiger partial charge in [0.2, 0.25) is 5.78 Å². The van der Waals surface area contributed by atoms with Crippen molar-refractivity contribution in [2.24, 2.45) is 17.6 Å². The highest BCUT2D eigenvalue weighted by Gasteiger charge is 2.59. The predicted molar refractivity (Wildman–Crippen MR) is 105 cm³/mol. The Bertz CT molecular complexity index is 1080. The maximum atomic E-state index is 13.3. The molecule has 3 atom stereocenters. The lowest BCUT2D eigenvalue weighted by Crippen LogP contribution is -2.57. The van der Waals surface area contributed by atoms with Crippen LogP contribution < -0.4 is 5.73 Å². The molecule has 0 radical (unpaired) electrons. The number of Topliss-reactive ketones (excluding diaryl/α,β-unsaturated/α-hetero) is 2. The fourth-order valence-electron chi connectivity index (χ4n) is 5.18. The predicted octanol–water partition coefficient (Wildman–Crippen LogP) is 1.70. The van der Waals surface area contributed by atoms with E-state index in [1.54, 1.807) is 6.07 Å². The number of carbonyl (C=O) groups excluding carboxylic acids is 3. The number of carbonyl (C=O) groups is 3. The van der Waals surface area contributed by atoms with Crippen LogP contribution in [0.1, 0.15) is 54.1 Å². The van der Waals surface area contributed by atoms with E-state index in [4.69, 9.17) is 5.73 Å². The summed E-state index contributed by atoms with van der Waals surface area (Å²) < 4.78 is 0. The maximum absolute atomic E-state index is 13.3. The number of ketones is 2. The minimum absolute atomic E-state index is 0.0535. The molecule has 0 fully saturated rings. The Morgan fingerprint density at radius 2 is 1.83 bits per heavy atom. The molecule has 0 aromatic heterocycles. The number of amides is 1. The molecule has 30 heavy (non-hydrogen) atoms. The van der Waals surface area contributed by atoms with Crippen molar-refractivity contribution in [1.82, 2.24) is 0 Å². The summed E-state index contributed by atoms with van der Waals surface area (Å²) in [5, 5.41) is 42.6. The molecule has 3 aliphatic rings. The molecular weight excluding hydrogens is 390 g/mol. The highest BCUT2D eigenvalue weighted by atomic mass is 16.3. The lowest BCUT2D eigenvalue weighted by Gasteiger charge is -2.45. The third-order valence-corrected chi connectivity index (χ3v) is 6.60. The van der Waals surface area contributed by atoms with E-state index in [1.807, 2.05) is 13.8 Å². The SMILES string of the molecule is CC(C)c1ccc(O)c2c1C[C@H]1C[C@H]3CC(O)=C(C(N)=O)C(=O)[C@@]3(O)C(O)=C1C2=O. The van der Waals surface area contributed by atoms with Crippen LogP contribution in [0.15, 0.2) is 34.8 Å². The summed E-state index contributed by atoms with van der Waals surface area (Å²) in [6.07, 6.45) is 0.235. The molecule has 0 aliphatic heterocycles. The van der Waals surface area contributed by atoms with Gasteiger partial charge in [-0.25, -0.2) is 0 Å². The topological polar surface area (TPSA) is 158 Å². The standard InChI is InChI=1S/C22H23NO7/c1-8(2)11-3-4-13(24)16-12(11)6-9-5-10-7-14(25)17(21(23)29)20(28)22(10,30)19(27)15(9)18(16)26/h3-4,8-10,24-25,27,30H,5-7H2,1-2H3,(H2,23,29)/t9-,10+,22+/m1/s1. The highest BCUT2D eigenvalue weighted by molar-refractivity contribution is 6.24. The Morgan fingerprint density at radius 1 is 1.17 bits per heavy atom. The van der Waals surface area contributed by atoms with Crippen molar-refractivity contribution >= 4 is 17.5 Å². The van der Waals surface area contributed by atoms with Gasteiger partial charge in [0.25, 0.3) is 5.91 Å². The van der Waals surface area contributed by atoms with Crippen molar-refractivity contribution in [3.05, 3.63) is 51.5 Å². The zero-order chi connectivity index (χ0) is 22.1. The molecule has 6 N–H and O–H groups in total. The van der Waals surface area contributed by atoms with Crippen LogP contribution in [-0.2, 0) is 16.0 Å². The Kier molecular flexibility index (Phi) is 4.32. The van der Waals surface area contributed by atoms with E-state index < -0.39 is 52.0 Å². The molecule has 4 rings (SSSR count). The molecule has 8 heteroatoms. The number of rotatable bonds is 2. The number of hydrogen-bond acceptors (Lipinski definition) is 7. The number of nitrogens with two attached hydrogens (primary N) is 1. The number of benzene rings is 1. The number of aliphatic hydroxyl groups is 3. The molecule has 1 aromatic carbocycles. The Labute approximate surface area is 172 Å². The van der Waals surface area contributed by atoms with E-state index in [-0.39, 0.29) is 35.6 Å². The molecule has 0 heterocycles. The maximum Gasteiger partial charge on any atom is 0.255 e. The van der Waals surface area contributed by atoms with Crippen LogP contribution in [0.2, 0.25) is 0 Å². The molecule has 0 spiro atoms. The van der Waals surface area contributed by atoms with E-state index in [0.717, 1.165) is 5.56 Å². The fourth-order valence-corrected chi connectivity index (χ4v) is 5.18. The third kappa shape index (κ3) is 2.46. The average molecular weight is 413 g/mol. The molecule has 0 saturated carbocycles. The Hall–Kier alpha value is -3.13. The van der Waals surface area contributed by atoms with Gasteiger partial charge in [-0.3, -0.25) is 14.4 Å². The molecular formula is C22H23NO7. The second-order valence-corrected chi connectivity index (χ2v) is 8.59. The van der Waals surface area contributed by atoms with E-state index in [1.165, 1.54) is 6.07 Å². The van der Waals surface area contributed by atoms with Crippen molar-refractivity contribution in [3.63, 3.8) is 0 Å². The second-order valence-electron chi connectivity index (χ2n) is 8.59. The van der Waals surface area contributed by atoms with Gasteiger partial charge in [0.15, 0.2) is 11.4 Å². The number of allylic oxidation sites excluding steroid dienone is 2. The summed E-state index contributed by atoms with van der Waals surface area (Å²) in [4.78, 5) is 37.8. The Morgan fingerprint density at radius 3 is 2.43 bits per heavy atom. The normalized spacial score (nSPS) is 28.4. The molecule has 1 amide bonds. The number of aromatic hydroxyl groups is 1. The van der Waals surface area contributed by atoms with Crippen LogP contribution >= 0.6 is 0 Å². The number of aliphatic hydroxyl groups excluding tert-OH is 2. The van der Waals surface area contributed by atoms with Gasteiger partial charge < -0.3 is 26.2 Å². The lowest BCUT2D eigenvalue weighted by atomic mass is 9.60. The first-order valence-electron chi connectivity index (χ1n) is 9.82. The van der Waals surface area contributed by atoms with E-state index in [0.29, 0.717) is 12.0 Å². The minimum Gasteiger partial charge on any atom is -0.511 e. The van der Waals surface area contributed by atoms with Crippen LogP contribution in [0, 0.1) is 11.8 Å². The average Bonchev–Trinajstić information content (AvgIpc) is 2.64. The molecule has 158 valence electrons. The number of phenolic OH excluding ortho intramolecular Hbond substituents is 1. The quantitative estimate of drug-likeness (QED) is 0.462. The van der Waals surface area contributed by atoms with Gasteiger partial charge in [-0.05, 0) is 41.9 Å².